The first-order chi connectivity index (χ1) is 17.2. The van der Waals surface area contributed by atoms with Gasteiger partial charge < -0.3 is 10.2 Å². The topological polar surface area (TPSA) is 67.2 Å². The monoisotopic (exact) mass is 512 g/mol. The fraction of sp³-hybridized carbons (Fsp3) is 0.370. The molecule has 2 amide bonds. The molecule has 2 unspecified atom stereocenters. The van der Waals surface area contributed by atoms with Crippen LogP contribution in [0.25, 0.3) is 11.3 Å². The van der Waals surface area contributed by atoms with E-state index < -0.39 is 11.6 Å². The summed E-state index contributed by atoms with van der Waals surface area (Å²) in [5.74, 6) is -1.05. The number of nitrogens with zero attached hydrogens (tertiary/aromatic N) is 3. The number of fused-ring (bicyclic) bond motifs is 1. The van der Waals surface area contributed by atoms with Gasteiger partial charge in [0.1, 0.15) is 11.6 Å². The van der Waals surface area contributed by atoms with Crippen molar-refractivity contribution in [2.45, 2.75) is 38.6 Å². The Morgan fingerprint density at radius 2 is 1.94 bits per heavy atom. The molecule has 2 aliphatic rings. The van der Waals surface area contributed by atoms with Crippen LogP contribution >= 0.6 is 11.6 Å². The van der Waals surface area contributed by atoms with E-state index in [-0.39, 0.29) is 17.9 Å². The summed E-state index contributed by atoms with van der Waals surface area (Å²) in [5, 5.41) is 7.86. The Morgan fingerprint density at radius 1 is 1.19 bits per heavy atom. The van der Waals surface area contributed by atoms with Crippen LogP contribution < -0.4 is 5.32 Å². The van der Waals surface area contributed by atoms with Crippen molar-refractivity contribution in [3.63, 3.8) is 0 Å². The van der Waals surface area contributed by atoms with Gasteiger partial charge in [0, 0.05) is 43.8 Å². The molecular weight excluding hydrogens is 486 g/mol. The lowest BCUT2D eigenvalue weighted by Crippen LogP contribution is -2.39. The van der Waals surface area contributed by atoms with Crippen LogP contribution in [-0.2, 0) is 24.7 Å². The summed E-state index contributed by atoms with van der Waals surface area (Å²) in [6.07, 6.45) is 2.74. The van der Waals surface area contributed by atoms with Gasteiger partial charge >= 0.3 is 0 Å². The molecule has 0 spiro atoms. The molecular formula is C27H27ClF2N4O2. The Morgan fingerprint density at radius 3 is 2.61 bits per heavy atom. The number of aromatic nitrogens is 2. The van der Waals surface area contributed by atoms with E-state index in [1.54, 1.807) is 22.7 Å². The minimum absolute atomic E-state index is 0.0981. The van der Waals surface area contributed by atoms with Crippen LogP contribution in [0.5, 0.6) is 0 Å². The molecule has 1 aromatic heterocycles. The maximum atomic E-state index is 13.9. The van der Waals surface area contributed by atoms with Gasteiger partial charge in [0.15, 0.2) is 0 Å². The molecule has 0 bridgehead atoms. The lowest BCUT2D eigenvalue weighted by atomic mass is 9.94. The van der Waals surface area contributed by atoms with Crippen molar-refractivity contribution in [2.75, 3.05) is 13.1 Å². The summed E-state index contributed by atoms with van der Waals surface area (Å²) < 4.78 is 29.4. The van der Waals surface area contributed by atoms with Crippen molar-refractivity contribution in [3.8, 4) is 11.3 Å². The molecule has 3 aromatic rings. The van der Waals surface area contributed by atoms with Crippen molar-refractivity contribution in [1.82, 2.24) is 20.0 Å². The molecule has 1 fully saturated rings. The second-order valence-corrected chi connectivity index (χ2v) is 10.1. The smallest absolute Gasteiger partial charge is 0.255 e. The summed E-state index contributed by atoms with van der Waals surface area (Å²) in [4.78, 5) is 26.6. The molecule has 5 rings (SSSR count). The van der Waals surface area contributed by atoms with Crippen LogP contribution in [0.15, 0.2) is 36.4 Å². The van der Waals surface area contributed by atoms with Crippen molar-refractivity contribution in [3.05, 3.63) is 75.4 Å². The summed E-state index contributed by atoms with van der Waals surface area (Å²) >= 11 is 6.54. The summed E-state index contributed by atoms with van der Waals surface area (Å²) in [6, 6.07) is 8.62. The molecule has 0 radical (unpaired) electrons. The highest BCUT2D eigenvalue weighted by Crippen LogP contribution is 2.37. The van der Waals surface area contributed by atoms with E-state index in [0.717, 1.165) is 30.0 Å². The summed E-state index contributed by atoms with van der Waals surface area (Å²) in [6.45, 7) is 3.05. The molecule has 0 aliphatic carbocycles. The highest BCUT2D eigenvalue weighted by Gasteiger charge is 2.34. The number of halogens is 3. The van der Waals surface area contributed by atoms with Crippen molar-refractivity contribution in [2.24, 2.45) is 13.0 Å². The van der Waals surface area contributed by atoms with Gasteiger partial charge in [-0.25, -0.2) is 8.78 Å². The van der Waals surface area contributed by atoms with Gasteiger partial charge in [-0.05, 0) is 61.9 Å². The number of hydrogen-bond acceptors (Lipinski definition) is 3. The Hall–Kier alpha value is -3.26. The van der Waals surface area contributed by atoms with E-state index in [9.17, 15) is 18.4 Å². The molecule has 2 aromatic carbocycles. The normalized spacial score (nSPS) is 19.4. The van der Waals surface area contributed by atoms with Gasteiger partial charge in [-0.15, -0.1) is 0 Å². The largest absolute Gasteiger partial charge is 0.356 e. The molecule has 1 saturated heterocycles. The second-order valence-electron chi connectivity index (χ2n) is 9.65. The van der Waals surface area contributed by atoms with Crippen LogP contribution in [0.1, 0.15) is 53.0 Å². The lowest BCUT2D eigenvalue weighted by molar-refractivity contribution is -0.119. The number of aryl methyl sites for hydroxylation is 2. The van der Waals surface area contributed by atoms with Crippen LogP contribution in [0, 0.1) is 17.6 Å². The van der Waals surface area contributed by atoms with Gasteiger partial charge in [0.05, 0.1) is 28.0 Å². The zero-order chi connectivity index (χ0) is 25.6. The average molecular weight is 513 g/mol. The van der Waals surface area contributed by atoms with Crippen LogP contribution in [0.3, 0.4) is 0 Å². The van der Waals surface area contributed by atoms with E-state index >= 15 is 0 Å². The quantitative estimate of drug-likeness (QED) is 0.531. The first-order valence-electron chi connectivity index (χ1n) is 12.1. The predicted octanol–water partition coefficient (Wildman–Crippen LogP) is 4.85. The standard InChI is InChI=1S/C27H27ClF2N4O2/c1-15-25-22(26(33(2)32-25)18-11-19(29)13-20(30)12-18)7-8-34(15)27(36)21-6-5-16(9-23(21)28)3-4-17-10-24(35)31-14-17/h5-6,9,11-13,15,17H,3-4,7-8,10,14H2,1-2H3,(H,31,35). The molecule has 1 N–H and O–H groups in total. The van der Waals surface area contributed by atoms with E-state index in [4.69, 9.17) is 11.6 Å². The fourth-order valence-electron chi connectivity index (χ4n) is 5.36. The number of carbonyl (C=O) groups is 2. The third-order valence-electron chi connectivity index (χ3n) is 7.21. The molecule has 0 saturated carbocycles. The van der Waals surface area contributed by atoms with E-state index in [1.165, 1.54) is 12.1 Å². The van der Waals surface area contributed by atoms with E-state index in [0.29, 0.717) is 59.4 Å². The first kappa shape index (κ1) is 24.4. The number of hydrogen-bond donors (Lipinski definition) is 1. The molecule has 9 heteroatoms. The molecule has 2 aliphatic heterocycles. The molecule has 6 nitrogen and oxygen atoms in total. The SMILES string of the molecule is CC1c2nn(C)c(-c3cc(F)cc(F)c3)c2CCN1C(=O)c1ccc(CCC2CNC(=O)C2)cc1Cl. The maximum absolute atomic E-state index is 13.9. The van der Waals surface area contributed by atoms with Crippen LogP contribution in [0.2, 0.25) is 5.02 Å². The third-order valence-corrected chi connectivity index (χ3v) is 7.52. The molecule has 2 atom stereocenters. The first-order valence-corrected chi connectivity index (χ1v) is 12.5. The van der Waals surface area contributed by atoms with Gasteiger partial charge in [-0.2, -0.15) is 5.10 Å². The highest BCUT2D eigenvalue weighted by molar-refractivity contribution is 6.33. The van der Waals surface area contributed by atoms with Crippen molar-refractivity contribution >= 4 is 23.4 Å². The van der Waals surface area contributed by atoms with Gasteiger partial charge in [0.2, 0.25) is 5.91 Å². The summed E-state index contributed by atoms with van der Waals surface area (Å²) in [7, 11) is 1.74. The second kappa shape index (κ2) is 9.65. The Bertz CT molecular complexity index is 1340. The number of carbonyl (C=O) groups excluding carboxylic acids is 2. The fourth-order valence-corrected chi connectivity index (χ4v) is 5.64. The number of benzene rings is 2. The minimum Gasteiger partial charge on any atom is -0.356 e. The van der Waals surface area contributed by atoms with Gasteiger partial charge in [-0.1, -0.05) is 17.7 Å². The lowest BCUT2D eigenvalue weighted by Gasteiger charge is -2.33. The van der Waals surface area contributed by atoms with Crippen LogP contribution in [0.4, 0.5) is 8.78 Å². The molecule has 36 heavy (non-hydrogen) atoms. The van der Waals surface area contributed by atoms with E-state index in [1.807, 2.05) is 19.1 Å². The van der Waals surface area contributed by atoms with Gasteiger partial charge in [-0.3, -0.25) is 14.3 Å². The average Bonchev–Trinajstić information content (AvgIpc) is 3.39. The molecule has 3 heterocycles. The Balaban J connectivity index is 1.34. The number of nitrogens with one attached hydrogen (secondary N) is 1. The number of rotatable bonds is 5. The highest BCUT2D eigenvalue weighted by atomic mass is 35.5. The van der Waals surface area contributed by atoms with Crippen LogP contribution in [-0.4, -0.2) is 39.6 Å². The predicted molar refractivity (Wildman–Crippen MR) is 133 cm³/mol. The Labute approximate surface area is 213 Å². The van der Waals surface area contributed by atoms with E-state index in [2.05, 4.69) is 10.4 Å². The Kier molecular flexibility index (Phi) is 6.55. The summed E-state index contributed by atoms with van der Waals surface area (Å²) in [5.41, 5.74) is 4.14. The third kappa shape index (κ3) is 4.62. The number of amides is 2. The van der Waals surface area contributed by atoms with Crippen molar-refractivity contribution in [1.29, 1.82) is 0 Å². The zero-order valence-electron chi connectivity index (χ0n) is 20.2. The maximum Gasteiger partial charge on any atom is 0.255 e. The molecule has 188 valence electrons. The zero-order valence-corrected chi connectivity index (χ0v) is 20.9. The van der Waals surface area contributed by atoms with Gasteiger partial charge in [0.25, 0.3) is 5.91 Å². The van der Waals surface area contributed by atoms with Crippen molar-refractivity contribution < 1.29 is 18.4 Å². The minimum atomic E-state index is -0.646.